The Labute approximate surface area is 112 Å². The van der Waals surface area contributed by atoms with Gasteiger partial charge in [0.15, 0.2) is 5.78 Å². The summed E-state index contributed by atoms with van der Waals surface area (Å²) < 4.78 is 5.83. The first-order chi connectivity index (χ1) is 8.06. The van der Waals surface area contributed by atoms with Gasteiger partial charge in [0.05, 0.1) is 20.2 Å². The average Bonchev–Trinajstić information content (AvgIpc) is 2.87. The number of hydrogen-bond donors (Lipinski definition) is 0. The first-order valence-electron chi connectivity index (χ1n) is 4.94. The minimum absolute atomic E-state index is 0.0442. The van der Waals surface area contributed by atoms with E-state index in [1.165, 1.54) is 23.1 Å². The van der Waals surface area contributed by atoms with Crippen molar-refractivity contribution in [3.05, 3.63) is 33.3 Å². The number of aromatic nitrogens is 1. The minimum atomic E-state index is -0.234. The molecule has 2 heterocycles. The van der Waals surface area contributed by atoms with Gasteiger partial charge in [-0.2, -0.15) is 0 Å². The van der Waals surface area contributed by atoms with Crippen molar-refractivity contribution in [3.8, 4) is 0 Å². The fourth-order valence-corrected chi connectivity index (χ4v) is 3.22. The maximum Gasteiger partial charge on any atom is 0.256 e. The highest BCUT2D eigenvalue weighted by molar-refractivity contribution is 8.00. The van der Waals surface area contributed by atoms with E-state index in [9.17, 15) is 4.79 Å². The number of hydrogen-bond acceptors (Lipinski definition) is 5. The van der Waals surface area contributed by atoms with Crippen molar-refractivity contribution >= 4 is 40.5 Å². The van der Waals surface area contributed by atoms with Crippen LogP contribution in [-0.4, -0.2) is 16.0 Å². The van der Waals surface area contributed by atoms with Gasteiger partial charge in [-0.1, -0.05) is 23.4 Å². The SMILES string of the molecule is Cc1coc(SC(C)C(=O)c2ccc(Cl)s2)n1. The second kappa shape index (κ2) is 5.25. The molecule has 3 nitrogen and oxygen atoms in total. The number of thiophene rings is 1. The summed E-state index contributed by atoms with van der Waals surface area (Å²) >= 11 is 8.41. The second-order valence-electron chi connectivity index (χ2n) is 3.48. The molecule has 2 aromatic rings. The summed E-state index contributed by atoms with van der Waals surface area (Å²) in [6, 6.07) is 3.47. The second-order valence-corrected chi connectivity index (χ2v) is 6.49. The van der Waals surface area contributed by atoms with E-state index in [2.05, 4.69) is 4.98 Å². The summed E-state index contributed by atoms with van der Waals surface area (Å²) in [4.78, 5) is 16.8. The highest BCUT2D eigenvalue weighted by Crippen LogP contribution is 2.28. The van der Waals surface area contributed by atoms with Crippen LogP contribution in [0.25, 0.3) is 0 Å². The van der Waals surface area contributed by atoms with E-state index in [-0.39, 0.29) is 11.0 Å². The molecule has 17 heavy (non-hydrogen) atoms. The molecule has 0 aliphatic heterocycles. The molecule has 1 atom stereocenters. The first kappa shape index (κ1) is 12.7. The Kier molecular flexibility index (Phi) is 3.91. The number of oxazole rings is 1. The number of Topliss-reactive ketones (excluding diaryl/α,β-unsaturated/α-hetero) is 1. The minimum Gasteiger partial charge on any atom is -0.440 e. The van der Waals surface area contributed by atoms with E-state index < -0.39 is 0 Å². The number of carbonyl (C=O) groups excluding carboxylic acids is 1. The van der Waals surface area contributed by atoms with E-state index in [0.29, 0.717) is 14.4 Å². The maximum atomic E-state index is 12.0. The Balaban J connectivity index is 2.05. The van der Waals surface area contributed by atoms with Crippen LogP contribution < -0.4 is 0 Å². The Morgan fingerprint density at radius 1 is 1.59 bits per heavy atom. The predicted octanol–water partition coefficient (Wildman–Crippen LogP) is 4.06. The highest BCUT2D eigenvalue weighted by Gasteiger charge is 2.20. The van der Waals surface area contributed by atoms with Crippen LogP contribution in [0.4, 0.5) is 0 Å². The summed E-state index contributed by atoms with van der Waals surface area (Å²) in [7, 11) is 0. The van der Waals surface area contributed by atoms with E-state index in [4.69, 9.17) is 16.0 Å². The zero-order chi connectivity index (χ0) is 12.4. The van der Waals surface area contributed by atoms with Crippen molar-refractivity contribution in [2.75, 3.05) is 0 Å². The van der Waals surface area contributed by atoms with Crippen LogP contribution in [0.1, 0.15) is 22.3 Å². The molecule has 0 amide bonds. The first-order valence-corrected chi connectivity index (χ1v) is 7.02. The molecule has 1 unspecified atom stereocenters. The molecule has 0 saturated carbocycles. The lowest BCUT2D eigenvalue weighted by atomic mass is 10.2. The van der Waals surface area contributed by atoms with E-state index in [0.717, 1.165) is 5.69 Å². The molecule has 6 heteroatoms. The van der Waals surface area contributed by atoms with Crippen LogP contribution in [0.2, 0.25) is 4.34 Å². The molecule has 0 bridgehead atoms. The topological polar surface area (TPSA) is 43.1 Å². The van der Waals surface area contributed by atoms with Gasteiger partial charge in [0.1, 0.15) is 6.26 Å². The summed E-state index contributed by atoms with van der Waals surface area (Å²) in [6.45, 7) is 3.68. The fraction of sp³-hybridized carbons (Fsp3) is 0.273. The van der Waals surface area contributed by atoms with Gasteiger partial charge in [-0.3, -0.25) is 4.79 Å². The molecular weight excluding hydrogens is 278 g/mol. The third-order valence-electron chi connectivity index (χ3n) is 2.06. The number of ketones is 1. The molecule has 2 aromatic heterocycles. The quantitative estimate of drug-likeness (QED) is 0.628. The van der Waals surface area contributed by atoms with Crippen molar-refractivity contribution in [3.63, 3.8) is 0 Å². The lowest BCUT2D eigenvalue weighted by Crippen LogP contribution is -2.11. The third-order valence-corrected chi connectivity index (χ3v) is 4.26. The third kappa shape index (κ3) is 3.12. The number of halogens is 1. The van der Waals surface area contributed by atoms with Crippen LogP contribution in [0.5, 0.6) is 0 Å². The van der Waals surface area contributed by atoms with E-state index >= 15 is 0 Å². The van der Waals surface area contributed by atoms with Gasteiger partial charge < -0.3 is 4.42 Å². The van der Waals surface area contributed by atoms with Crippen molar-refractivity contribution in [1.82, 2.24) is 4.98 Å². The molecule has 0 aliphatic carbocycles. The van der Waals surface area contributed by atoms with Crippen LogP contribution in [-0.2, 0) is 0 Å². The van der Waals surface area contributed by atoms with Crippen molar-refractivity contribution in [2.45, 2.75) is 24.3 Å². The van der Waals surface area contributed by atoms with Gasteiger partial charge in [0, 0.05) is 0 Å². The van der Waals surface area contributed by atoms with Crippen LogP contribution in [0.15, 0.2) is 28.0 Å². The van der Waals surface area contributed by atoms with Crippen molar-refractivity contribution < 1.29 is 9.21 Å². The average molecular weight is 288 g/mol. The Morgan fingerprint density at radius 2 is 2.35 bits per heavy atom. The molecule has 0 aliphatic rings. The van der Waals surface area contributed by atoms with Gasteiger partial charge in [0.25, 0.3) is 5.22 Å². The fourth-order valence-electron chi connectivity index (χ4n) is 1.24. The largest absolute Gasteiger partial charge is 0.440 e. The summed E-state index contributed by atoms with van der Waals surface area (Å²) in [5.74, 6) is 0.0442. The number of thioether (sulfide) groups is 1. The van der Waals surface area contributed by atoms with Crippen LogP contribution in [0.3, 0.4) is 0 Å². The maximum absolute atomic E-state index is 12.0. The number of nitrogens with zero attached hydrogens (tertiary/aromatic N) is 1. The lowest BCUT2D eigenvalue weighted by Gasteiger charge is -2.04. The van der Waals surface area contributed by atoms with E-state index in [1.807, 2.05) is 13.8 Å². The number of aryl methyl sites for hydroxylation is 1. The zero-order valence-corrected chi connectivity index (χ0v) is 11.7. The predicted molar refractivity (Wildman–Crippen MR) is 70.2 cm³/mol. The van der Waals surface area contributed by atoms with Gasteiger partial charge >= 0.3 is 0 Å². The van der Waals surface area contributed by atoms with E-state index in [1.54, 1.807) is 18.4 Å². The molecule has 0 radical (unpaired) electrons. The van der Waals surface area contributed by atoms with Crippen molar-refractivity contribution in [1.29, 1.82) is 0 Å². The molecule has 0 N–H and O–H groups in total. The lowest BCUT2D eigenvalue weighted by molar-refractivity contribution is 0.0997. The standard InChI is InChI=1S/C11H10ClNO2S2/c1-6-5-15-11(13-6)16-7(2)10(14)8-3-4-9(12)17-8/h3-5,7H,1-2H3. The summed E-state index contributed by atoms with van der Waals surface area (Å²) in [5.41, 5.74) is 0.811. The highest BCUT2D eigenvalue weighted by atomic mass is 35.5. The number of rotatable bonds is 4. The Morgan fingerprint density at radius 3 is 2.88 bits per heavy atom. The smallest absolute Gasteiger partial charge is 0.256 e. The van der Waals surface area contributed by atoms with Gasteiger partial charge in [-0.05, 0) is 26.0 Å². The molecule has 0 spiro atoms. The molecule has 90 valence electrons. The molecule has 0 fully saturated rings. The monoisotopic (exact) mass is 287 g/mol. The summed E-state index contributed by atoms with van der Waals surface area (Å²) in [5, 5.41) is 0.286. The summed E-state index contributed by atoms with van der Waals surface area (Å²) in [6.07, 6.45) is 1.57. The Hall–Kier alpha value is -0.780. The van der Waals surface area contributed by atoms with Gasteiger partial charge in [-0.15, -0.1) is 11.3 Å². The molecule has 0 aromatic carbocycles. The zero-order valence-electron chi connectivity index (χ0n) is 9.27. The van der Waals surface area contributed by atoms with Gasteiger partial charge in [0.2, 0.25) is 0 Å². The Bertz CT molecular complexity index is 535. The van der Waals surface area contributed by atoms with Crippen LogP contribution in [0, 0.1) is 6.92 Å². The normalized spacial score (nSPS) is 12.6. The van der Waals surface area contributed by atoms with Crippen molar-refractivity contribution in [2.24, 2.45) is 0 Å². The number of carbonyl (C=O) groups is 1. The molecule has 0 saturated heterocycles. The molecular formula is C11H10ClNO2S2. The molecule has 2 rings (SSSR count). The van der Waals surface area contributed by atoms with Crippen LogP contribution >= 0.6 is 34.7 Å². The van der Waals surface area contributed by atoms with Gasteiger partial charge in [-0.25, -0.2) is 4.98 Å².